The molecule has 0 fully saturated rings. The first-order chi connectivity index (χ1) is 29.0. The molecular formula is C57H41NS. The third kappa shape index (κ3) is 5.91. The van der Waals surface area contributed by atoms with Crippen LogP contribution in [-0.2, 0) is 5.41 Å². The SMILES string of the molecule is CC1(C)c2ccccc2-c2c(-c3ccccc3N(c3ccc(-c4ccc5c(c4)sc4ccccc45)cc3)c3ccccc3-c3ccc(-c4ccccc4)cc3)cccc21. The van der Waals surface area contributed by atoms with Crippen LogP contribution in [0.4, 0.5) is 17.1 Å². The van der Waals surface area contributed by atoms with Gasteiger partial charge in [0.1, 0.15) is 0 Å². The van der Waals surface area contributed by atoms with Crippen LogP contribution in [0.2, 0.25) is 0 Å². The molecule has 0 saturated carbocycles. The Morgan fingerprint density at radius 3 is 1.68 bits per heavy atom. The average molecular weight is 772 g/mol. The number of thiophene rings is 1. The molecule has 0 bridgehead atoms. The molecule has 0 aliphatic heterocycles. The number of fused-ring (bicyclic) bond motifs is 6. The fraction of sp³-hybridized carbons (Fsp3) is 0.0526. The van der Waals surface area contributed by atoms with Crippen molar-refractivity contribution >= 4 is 48.6 Å². The molecule has 1 aromatic heterocycles. The first-order valence-electron chi connectivity index (χ1n) is 20.4. The van der Waals surface area contributed by atoms with Gasteiger partial charge in [-0.3, -0.25) is 0 Å². The molecule has 0 atom stereocenters. The van der Waals surface area contributed by atoms with Crippen molar-refractivity contribution in [3.05, 3.63) is 223 Å². The van der Waals surface area contributed by atoms with E-state index < -0.39 is 0 Å². The molecule has 1 aliphatic rings. The number of hydrogen-bond donors (Lipinski definition) is 0. The summed E-state index contributed by atoms with van der Waals surface area (Å²) in [6, 6.07) is 78.1. The summed E-state index contributed by atoms with van der Waals surface area (Å²) in [4.78, 5) is 2.47. The van der Waals surface area contributed by atoms with E-state index in [0.29, 0.717) is 0 Å². The summed E-state index contributed by atoms with van der Waals surface area (Å²) in [7, 11) is 0. The smallest absolute Gasteiger partial charge is 0.0540 e. The summed E-state index contributed by atoms with van der Waals surface area (Å²) in [5.74, 6) is 0. The molecule has 0 saturated heterocycles. The zero-order valence-electron chi connectivity index (χ0n) is 33.1. The Hall–Kier alpha value is -7.00. The molecule has 0 amide bonds. The lowest BCUT2D eigenvalue weighted by Gasteiger charge is -2.30. The van der Waals surface area contributed by atoms with E-state index in [9.17, 15) is 0 Å². The van der Waals surface area contributed by atoms with Crippen molar-refractivity contribution in [1.82, 2.24) is 0 Å². The molecule has 11 rings (SSSR count). The van der Waals surface area contributed by atoms with Crippen molar-refractivity contribution in [3.63, 3.8) is 0 Å². The van der Waals surface area contributed by atoms with Gasteiger partial charge in [-0.05, 0) is 92.0 Å². The van der Waals surface area contributed by atoms with E-state index in [1.54, 1.807) is 0 Å². The number of para-hydroxylation sites is 2. The molecule has 1 nitrogen and oxygen atoms in total. The van der Waals surface area contributed by atoms with Gasteiger partial charge in [0.2, 0.25) is 0 Å². The summed E-state index contributed by atoms with van der Waals surface area (Å²) in [6.45, 7) is 4.72. The summed E-state index contributed by atoms with van der Waals surface area (Å²) < 4.78 is 2.64. The normalized spacial score (nSPS) is 12.7. The van der Waals surface area contributed by atoms with Crippen molar-refractivity contribution in [1.29, 1.82) is 0 Å². The maximum atomic E-state index is 2.47. The van der Waals surface area contributed by atoms with E-state index in [2.05, 4.69) is 231 Å². The molecule has 0 radical (unpaired) electrons. The van der Waals surface area contributed by atoms with Crippen molar-refractivity contribution in [2.75, 3.05) is 4.90 Å². The minimum atomic E-state index is -0.0935. The lowest BCUT2D eigenvalue weighted by molar-refractivity contribution is 0.660. The van der Waals surface area contributed by atoms with Gasteiger partial charge in [-0.15, -0.1) is 11.3 Å². The van der Waals surface area contributed by atoms with Crippen molar-refractivity contribution in [3.8, 4) is 55.6 Å². The molecule has 1 aliphatic carbocycles. The second-order valence-corrected chi connectivity index (χ2v) is 17.2. The second kappa shape index (κ2) is 14.1. The quantitative estimate of drug-likeness (QED) is 0.156. The maximum Gasteiger partial charge on any atom is 0.0540 e. The predicted octanol–water partition coefficient (Wildman–Crippen LogP) is 16.5. The second-order valence-electron chi connectivity index (χ2n) is 16.1. The Morgan fingerprint density at radius 2 is 0.881 bits per heavy atom. The first-order valence-corrected chi connectivity index (χ1v) is 21.2. The van der Waals surface area contributed by atoms with Gasteiger partial charge in [0.05, 0.1) is 11.4 Å². The molecular weight excluding hydrogens is 731 g/mol. The van der Waals surface area contributed by atoms with Crippen molar-refractivity contribution in [2.24, 2.45) is 0 Å². The number of benzene rings is 9. The van der Waals surface area contributed by atoms with Gasteiger partial charge in [0, 0.05) is 42.4 Å². The topological polar surface area (TPSA) is 3.24 Å². The predicted molar refractivity (Wildman–Crippen MR) is 253 cm³/mol. The summed E-state index contributed by atoms with van der Waals surface area (Å²) >= 11 is 1.87. The first kappa shape index (κ1) is 35.2. The van der Waals surface area contributed by atoms with Crippen LogP contribution >= 0.6 is 11.3 Å². The van der Waals surface area contributed by atoms with Crippen LogP contribution in [0.25, 0.3) is 75.8 Å². The Bertz CT molecular complexity index is 3170. The zero-order chi connectivity index (χ0) is 39.5. The van der Waals surface area contributed by atoms with Crippen molar-refractivity contribution in [2.45, 2.75) is 19.3 Å². The lowest BCUT2D eigenvalue weighted by atomic mass is 9.82. The number of anilines is 3. The molecule has 9 aromatic carbocycles. The minimum absolute atomic E-state index is 0.0935. The molecule has 59 heavy (non-hydrogen) atoms. The third-order valence-electron chi connectivity index (χ3n) is 12.3. The fourth-order valence-corrected chi connectivity index (χ4v) is 10.5. The highest BCUT2D eigenvalue weighted by Gasteiger charge is 2.37. The van der Waals surface area contributed by atoms with Crippen LogP contribution in [0.5, 0.6) is 0 Å². The van der Waals surface area contributed by atoms with Crippen LogP contribution in [0.15, 0.2) is 212 Å². The molecule has 0 unspecified atom stereocenters. The Morgan fingerprint density at radius 1 is 0.356 bits per heavy atom. The maximum absolute atomic E-state index is 2.47. The van der Waals surface area contributed by atoms with Crippen LogP contribution in [0.1, 0.15) is 25.0 Å². The number of rotatable bonds is 7. The van der Waals surface area contributed by atoms with Crippen LogP contribution in [0, 0.1) is 0 Å². The largest absolute Gasteiger partial charge is 0.309 e. The van der Waals surface area contributed by atoms with Gasteiger partial charge < -0.3 is 4.90 Å². The van der Waals surface area contributed by atoms with E-state index in [4.69, 9.17) is 0 Å². The lowest BCUT2D eigenvalue weighted by Crippen LogP contribution is -2.15. The van der Waals surface area contributed by atoms with Gasteiger partial charge in [0.25, 0.3) is 0 Å². The number of hydrogen-bond acceptors (Lipinski definition) is 2. The van der Waals surface area contributed by atoms with Gasteiger partial charge in [-0.1, -0.05) is 190 Å². The van der Waals surface area contributed by atoms with Crippen LogP contribution in [0.3, 0.4) is 0 Å². The highest BCUT2D eigenvalue weighted by molar-refractivity contribution is 7.25. The monoisotopic (exact) mass is 771 g/mol. The molecule has 10 aromatic rings. The van der Waals surface area contributed by atoms with Crippen LogP contribution in [-0.4, -0.2) is 0 Å². The minimum Gasteiger partial charge on any atom is -0.309 e. The van der Waals surface area contributed by atoms with E-state index in [-0.39, 0.29) is 5.41 Å². The number of nitrogens with zero attached hydrogens (tertiary/aromatic N) is 1. The fourth-order valence-electron chi connectivity index (χ4n) is 9.38. The zero-order valence-corrected chi connectivity index (χ0v) is 33.9. The summed E-state index contributed by atoms with van der Waals surface area (Å²) in [5.41, 5.74) is 18.3. The van der Waals surface area contributed by atoms with E-state index in [1.165, 1.54) is 86.9 Å². The molecule has 0 spiro atoms. The summed E-state index contributed by atoms with van der Waals surface area (Å²) in [5, 5.41) is 2.65. The Labute approximate surface area is 350 Å². The van der Waals surface area contributed by atoms with Gasteiger partial charge in [-0.25, -0.2) is 0 Å². The third-order valence-corrected chi connectivity index (χ3v) is 13.5. The molecule has 0 N–H and O–H groups in total. The molecule has 280 valence electrons. The molecule has 2 heteroatoms. The average Bonchev–Trinajstić information content (AvgIpc) is 3.79. The van der Waals surface area contributed by atoms with Gasteiger partial charge >= 0.3 is 0 Å². The van der Waals surface area contributed by atoms with E-state index in [0.717, 1.165) is 17.1 Å². The highest BCUT2D eigenvalue weighted by Crippen LogP contribution is 2.54. The van der Waals surface area contributed by atoms with Crippen LogP contribution < -0.4 is 4.90 Å². The Balaban J connectivity index is 1.08. The standard InChI is InChI=1S/C57H41NS/c1-57(2)50-22-10-6-20-49(50)56-48(21-14-23-51(56)57)45-18-8-12-25-53(45)58(52-24-11-7-17-44(52)41-29-27-39(28-30-41)38-15-4-3-5-16-38)43-34-31-40(32-35-43)42-33-36-47-46-19-9-13-26-54(46)59-55(47)37-42/h3-37H,1-2H3. The highest BCUT2D eigenvalue weighted by atomic mass is 32.1. The van der Waals surface area contributed by atoms with Gasteiger partial charge in [0.15, 0.2) is 0 Å². The molecule has 1 heterocycles. The van der Waals surface area contributed by atoms with Crippen molar-refractivity contribution < 1.29 is 0 Å². The van der Waals surface area contributed by atoms with E-state index in [1.807, 2.05) is 11.3 Å². The van der Waals surface area contributed by atoms with E-state index >= 15 is 0 Å². The van der Waals surface area contributed by atoms with Gasteiger partial charge in [-0.2, -0.15) is 0 Å². The Kier molecular flexibility index (Phi) is 8.43. The summed E-state index contributed by atoms with van der Waals surface area (Å²) in [6.07, 6.45) is 0.